The molecule has 0 spiro atoms. The van der Waals surface area contributed by atoms with Gasteiger partial charge >= 0.3 is 36.2 Å². The lowest BCUT2D eigenvalue weighted by molar-refractivity contribution is -0.359. The molecule has 0 aliphatic heterocycles. The number of amides is 1. The van der Waals surface area contributed by atoms with Gasteiger partial charge in [-0.05, 0) is 25.5 Å². The first-order valence-electron chi connectivity index (χ1n) is 10.3. The summed E-state index contributed by atoms with van der Waals surface area (Å²) in [6.45, 7) is 0.184. The zero-order chi connectivity index (χ0) is 27.3. The van der Waals surface area contributed by atoms with Crippen LogP contribution in [0.2, 0.25) is 0 Å². The summed E-state index contributed by atoms with van der Waals surface area (Å²) in [6.07, 6.45) is -7.94. The van der Waals surface area contributed by atoms with Gasteiger partial charge in [-0.15, -0.1) is 0 Å². The van der Waals surface area contributed by atoms with E-state index in [1.165, 1.54) is 25.3 Å². The molecular formula is C21H21F7N2O6. The molecule has 0 fully saturated rings. The number of carbonyl (C=O) groups excluding carboxylic acids is 3. The third-order valence-electron chi connectivity index (χ3n) is 4.75. The lowest BCUT2D eigenvalue weighted by Gasteiger charge is -2.28. The molecule has 1 aromatic carbocycles. The van der Waals surface area contributed by atoms with Crippen LogP contribution in [0.4, 0.5) is 40.3 Å². The number of alkyl carbamates (subject to hydrolysis) is 1. The van der Waals surface area contributed by atoms with Gasteiger partial charge in [-0.1, -0.05) is 18.2 Å². The summed E-state index contributed by atoms with van der Waals surface area (Å²) in [5.41, 5.74) is 0.496. The second kappa shape index (κ2) is 11.0. The number of nitrogens with zero attached hydrogens (tertiary/aromatic N) is 1. The van der Waals surface area contributed by atoms with Crippen molar-refractivity contribution in [2.24, 2.45) is 0 Å². The van der Waals surface area contributed by atoms with Crippen LogP contribution in [0.25, 0.3) is 10.9 Å². The Kier molecular flexibility index (Phi) is 8.80. The summed E-state index contributed by atoms with van der Waals surface area (Å²) in [6, 6.07) is 4.31. The molecule has 15 heteroatoms. The number of carbonyl (C=O) groups is 3. The number of esters is 1. The number of hydrogen-bond donors (Lipinski definition) is 1. The van der Waals surface area contributed by atoms with Crippen LogP contribution in [-0.4, -0.2) is 66.6 Å². The van der Waals surface area contributed by atoms with E-state index >= 15 is 0 Å². The van der Waals surface area contributed by atoms with E-state index in [0.29, 0.717) is 10.9 Å². The minimum absolute atomic E-state index is 0.0246. The molecular weight excluding hydrogens is 509 g/mol. The van der Waals surface area contributed by atoms with Gasteiger partial charge in [-0.25, -0.2) is 14.4 Å². The number of aromatic nitrogens is 1. The molecule has 2 rings (SSSR count). The number of fused-ring (bicyclic) bond motifs is 1. The molecule has 1 N–H and O–H groups in total. The van der Waals surface area contributed by atoms with Gasteiger partial charge in [0, 0.05) is 18.0 Å². The Balaban J connectivity index is 2.35. The highest BCUT2D eigenvalue weighted by atomic mass is 19.4. The fraction of sp³-hybridized carbons (Fsp3) is 0.476. The summed E-state index contributed by atoms with van der Waals surface area (Å²) in [4.78, 5) is 36.6. The third kappa shape index (κ3) is 6.18. The molecule has 200 valence electrons. The van der Waals surface area contributed by atoms with Crippen LogP contribution in [0.1, 0.15) is 19.4 Å². The molecule has 0 aliphatic rings. The van der Waals surface area contributed by atoms with Gasteiger partial charge in [-0.2, -0.15) is 30.7 Å². The van der Waals surface area contributed by atoms with E-state index in [2.05, 4.69) is 9.47 Å². The second-order valence-electron chi connectivity index (χ2n) is 7.25. The summed E-state index contributed by atoms with van der Waals surface area (Å²) in [7, 11) is 0. The Morgan fingerprint density at radius 3 is 2.14 bits per heavy atom. The van der Waals surface area contributed by atoms with Gasteiger partial charge in [0.05, 0.1) is 18.7 Å². The quantitative estimate of drug-likeness (QED) is 0.288. The fourth-order valence-electron chi connectivity index (χ4n) is 3.05. The highest BCUT2D eigenvalue weighted by molar-refractivity contribution is 5.92. The Hall–Kier alpha value is -3.52. The average Bonchev–Trinajstić information content (AvgIpc) is 3.15. The van der Waals surface area contributed by atoms with Crippen molar-refractivity contribution >= 4 is 29.1 Å². The first-order valence-corrected chi connectivity index (χ1v) is 10.3. The van der Waals surface area contributed by atoms with Crippen molar-refractivity contribution in [2.45, 2.75) is 44.3 Å². The number of halogens is 7. The number of para-hydroxylation sites is 1. The van der Waals surface area contributed by atoms with Gasteiger partial charge in [0.2, 0.25) is 0 Å². The van der Waals surface area contributed by atoms with Crippen molar-refractivity contribution in [1.82, 2.24) is 9.88 Å². The van der Waals surface area contributed by atoms with Crippen molar-refractivity contribution in [3.05, 3.63) is 36.0 Å². The van der Waals surface area contributed by atoms with Crippen molar-refractivity contribution in [1.29, 1.82) is 0 Å². The largest absolute Gasteiger partial charge is 0.460 e. The zero-order valence-corrected chi connectivity index (χ0v) is 18.8. The second-order valence-corrected chi connectivity index (χ2v) is 7.25. The maximum absolute atomic E-state index is 13.6. The predicted molar refractivity (Wildman–Crippen MR) is 109 cm³/mol. The Morgan fingerprint density at radius 1 is 0.944 bits per heavy atom. The van der Waals surface area contributed by atoms with E-state index < -0.39 is 55.2 Å². The van der Waals surface area contributed by atoms with E-state index in [9.17, 15) is 45.1 Å². The maximum atomic E-state index is 13.6. The van der Waals surface area contributed by atoms with Crippen molar-refractivity contribution in [3.8, 4) is 0 Å². The van der Waals surface area contributed by atoms with E-state index in [4.69, 9.17) is 4.74 Å². The molecule has 0 aliphatic carbocycles. The number of benzene rings is 1. The molecule has 2 aromatic rings. The van der Waals surface area contributed by atoms with Crippen LogP contribution >= 0.6 is 0 Å². The van der Waals surface area contributed by atoms with Gasteiger partial charge in [0.15, 0.2) is 6.61 Å². The number of rotatable bonds is 9. The Bertz CT molecular complexity index is 1100. The summed E-state index contributed by atoms with van der Waals surface area (Å²) in [5.74, 6) is -14.0. The van der Waals surface area contributed by atoms with Crippen molar-refractivity contribution < 1.29 is 59.3 Å². The van der Waals surface area contributed by atoms with Crippen LogP contribution in [0.3, 0.4) is 0 Å². The Morgan fingerprint density at radius 2 is 1.56 bits per heavy atom. The standard InChI is InChI=1S/C21H21F7N2O6/c1-3-34-17(32)29-14(16(31)36-11-19(22,23)20(24,25)21(26,27)28)9-12-10-30(18(33)35-4-2)15-8-6-5-7-13(12)15/h5-8,10,14H,3-4,9,11H2,1-2H3,(H,29,32)/t14-/m0/s1. The van der Waals surface area contributed by atoms with E-state index in [0.717, 1.165) is 4.57 Å². The first kappa shape index (κ1) is 28.7. The fourth-order valence-corrected chi connectivity index (χ4v) is 3.05. The van der Waals surface area contributed by atoms with Gasteiger partial charge in [-0.3, -0.25) is 4.57 Å². The predicted octanol–water partition coefficient (Wildman–Crippen LogP) is 4.68. The van der Waals surface area contributed by atoms with E-state index in [1.807, 2.05) is 5.32 Å². The summed E-state index contributed by atoms with van der Waals surface area (Å²) >= 11 is 0. The smallest absolute Gasteiger partial charge is 0.457 e. The van der Waals surface area contributed by atoms with Crippen LogP contribution < -0.4 is 5.32 Å². The summed E-state index contributed by atoms with van der Waals surface area (Å²) in [5, 5.41) is 2.35. The lowest BCUT2D eigenvalue weighted by atomic mass is 10.1. The number of hydrogen-bond acceptors (Lipinski definition) is 6. The average molecular weight is 530 g/mol. The zero-order valence-electron chi connectivity index (χ0n) is 18.8. The molecule has 1 atom stereocenters. The monoisotopic (exact) mass is 530 g/mol. The van der Waals surface area contributed by atoms with Gasteiger partial charge < -0.3 is 19.5 Å². The molecule has 36 heavy (non-hydrogen) atoms. The number of nitrogens with one attached hydrogen (secondary N) is 1. The number of ether oxygens (including phenoxy) is 3. The minimum atomic E-state index is -6.61. The van der Waals surface area contributed by atoms with Crippen LogP contribution in [0.5, 0.6) is 0 Å². The van der Waals surface area contributed by atoms with Crippen LogP contribution in [-0.2, 0) is 25.4 Å². The van der Waals surface area contributed by atoms with Gasteiger partial charge in [0.1, 0.15) is 6.04 Å². The van der Waals surface area contributed by atoms with E-state index in [1.54, 1.807) is 19.1 Å². The molecule has 1 heterocycles. The molecule has 0 saturated heterocycles. The molecule has 8 nitrogen and oxygen atoms in total. The molecule has 0 radical (unpaired) electrons. The van der Waals surface area contributed by atoms with Crippen LogP contribution in [0, 0.1) is 0 Å². The van der Waals surface area contributed by atoms with Crippen molar-refractivity contribution in [3.63, 3.8) is 0 Å². The first-order chi connectivity index (χ1) is 16.7. The third-order valence-corrected chi connectivity index (χ3v) is 4.75. The molecule has 1 aromatic heterocycles. The molecule has 0 bridgehead atoms. The normalized spacial score (nSPS) is 13.2. The molecule has 1 amide bonds. The van der Waals surface area contributed by atoms with Crippen molar-refractivity contribution in [2.75, 3.05) is 19.8 Å². The van der Waals surface area contributed by atoms with Gasteiger partial charge in [0.25, 0.3) is 0 Å². The number of alkyl halides is 7. The maximum Gasteiger partial charge on any atom is 0.460 e. The highest BCUT2D eigenvalue weighted by Crippen LogP contribution is 2.46. The topological polar surface area (TPSA) is 95.9 Å². The lowest BCUT2D eigenvalue weighted by Crippen LogP contribution is -2.55. The SMILES string of the molecule is CCOC(=O)N[C@@H](Cc1cn(C(=O)OCC)c2ccccc12)C(=O)OCC(F)(F)C(F)(F)C(F)(F)F. The molecule has 0 unspecified atom stereocenters. The molecule has 0 saturated carbocycles. The Labute approximate surface area is 199 Å². The summed E-state index contributed by atoms with van der Waals surface area (Å²) < 4.78 is 105. The highest BCUT2D eigenvalue weighted by Gasteiger charge is 2.73. The van der Waals surface area contributed by atoms with Crippen LogP contribution in [0.15, 0.2) is 30.5 Å². The minimum Gasteiger partial charge on any atom is -0.457 e. The van der Waals surface area contributed by atoms with E-state index in [-0.39, 0.29) is 18.8 Å².